The number of furan rings is 1. The van der Waals surface area contributed by atoms with Crippen molar-refractivity contribution in [1.29, 1.82) is 0 Å². The van der Waals surface area contributed by atoms with E-state index in [1.165, 1.54) is 0 Å². The maximum atomic E-state index is 11.5. The van der Waals surface area contributed by atoms with E-state index in [4.69, 9.17) is 4.42 Å². The van der Waals surface area contributed by atoms with E-state index in [0.29, 0.717) is 5.76 Å². The third-order valence-electron chi connectivity index (χ3n) is 2.30. The topological polar surface area (TPSA) is 42.2 Å². The second-order valence-corrected chi connectivity index (χ2v) is 3.58. The average molecular weight is 209 g/mol. The monoisotopic (exact) mass is 209 g/mol. The van der Waals surface area contributed by atoms with Crippen LogP contribution in [0, 0.1) is 0 Å². The van der Waals surface area contributed by atoms with Gasteiger partial charge >= 0.3 is 0 Å². The molecular formula is C12H19NO2. The maximum absolute atomic E-state index is 11.5. The molecule has 3 heteroatoms. The molecule has 1 heterocycles. The molecule has 15 heavy (non-hydrogen) atoms. The van der Waals surface area contributed by atoms with Crippen LogP contribution in [0.5, 0.6) is 0 Å². The third-order valence-corrected chi connectivity index (χ3v) is 2.30. The Balaban J connectivity index is 2.33. The van der Waals surface area contributed by atoms with Crippen LogP contribution in [0.1, 0.15) is 49.4 Å². The summed E-state index contributed by atoms with van der Waals surface area (Å²) >= 11 is 0. The van der Waals surface area contributed by atoms with Crippen molar-refractivity contribution in [3.63, 3.8) is 0 Å². The van der Waals surface area contributed by atoms with E-state index in [1.54, 1.807) is 6.07 Å². The summed E-state index contributed by atoms with van der Waals surface area (Å²) in [6.07, 6.45) is 4.17. The Kier molecular flexibility index (Phi) is 4.95. The van der Waals surface area contributed by atoms with Crippen LogP contribution in [0.3, 0.4) is 0 Å². The molecule has 0 aromatic carbocycles. The first-order valence-electron chi connectivity index (χ1n) is 5.64. The Bertz CT molecular complexity index is 304. The van der Waals surface area contributed by atoms with E-state index in [2.05, 4.69) is 12.2 Å². The fourth-order valence-electron chi connectivity index (χ4n) is 1.35. The molecule has 0 bridgehead atoms. The van der Waals surface area contributed by atoms with E-state index < -0.39 is 0 Å². The molecule has 0 aliphatic heterocycles. The van der Waals surface area contributed by atoms with E-state index in [9.17, 15) is 4.79 Å². The Morgan fingerprint density at radius 3 is 2.73 bits per heavy atom. The van der Waals surface area contributed by atoms with Gasteiger partial charge in [0.05, 0.1) is 0 Å². The highest BCUT2D eigenvalue weighted by molar-refractivity contribution is 5.91. The first-order valence-corrected chi connectivity index (χ1v) is 5.64. The smallest absolute Gasteiger partial charge is 0.286 e. The Hall–Kier alpha value is -1.25. The van der Waals surface area contributed by atoms with E-state index >= 15 is 0 Å². The van der Waals surface area contributed by atoms with E-state index in [0.717, 1.165) is 38.0 Å². The lowest BCUT2D eigenvalue weighted by Crippen LogP contribution is -2.23. The molecule has 0 atom stereocenters. The predicted molar refractivity (Wildman–Crippen MR) is 59.9 cm³/mol. The highest BCUT2D eigenvalue weighted by atomic mass is 16.3. The number of carbonyl (C=O) groups is 1. The predicted octanol–water partition coefficient (Wildman–Crippen LogP) is 2.76. The van der Waals surface area contributed by atoms with Gasteiger partial charge in [-0.15, -0.1) is 0 Å². The lowest BCUT2D eigenvalue weighted by molar-refractivity contribution is 0.0923. The van der Waals surface area contributed by atoms with Crippen molar-refractivity contribution in [3.05, 3.63) is 23.7 Å². The first kappa shape index (κ1) is 11.8. The molecule has 0 aliphatic carbocycles. The van der Waals surface area contributed by atoms with Crippen molar-refractivity contribution in [2.24, 2.45) is 0 Å². The summed E-state index contributed by atoms with van der Waals surface area (Å²) in [6, 6.07) is 3.58. The number of hydrogen-bond donors (Lipinski definition) is 1. The summed E-state index contributed by atoms with van der Waals surface area (Å²) in [6.45, 7) is 4.87. The molecule has 1 aromatic rings. The largest absolute Gasteiger partial charge is 0.456 e. The number of nitrogens with one attached hydrogen (secondary N) is 1. The summed E-state index contributed by atoms with van der Waals surface area (Å²) in [5.74, 6) is 1.17. The highest BCUT2D eigenvalue weighted by Crippen LogP contribution is 2.08. The van der Waals surface area contributed by atoms with Gasteiger partial charge in [0.2, 0.25) is 0 Å². The Labute approximate surface area is 90.9 Å². The second kappa shape index (κ2) is 6.27. The maximum Gasteiger partial charge on any atom is 0.286 e. The van der Waals surface area contributed by atoms with Crippen molar-refractivity contribution in [2.75, 3.05) is 6.54 Å². The quantitative estimate of drug-likeness (QED) is 0.732. The molecule has 0 saturated heterocycles. The number of aryl methyl sites for hydroxylation is 1. The van der Waals surface area contributed by atoms with Crippen LogP contribution in [0.4, 0.5) is 0 Å². The minimum absolute atomic E-state index is 0.106. The zero-order valence-corrected chi connectivity index (χ0v) is 9.51. The molecule has 1 rings (SSSR count). The number of hydrogen-bond acceptors (Lipinski definition) is 2. The lowest BCUT2D eigenvalue weighted by atomic mass is 10.2. The van der Waals surface area contributed by atoms with Gasteiger partial charge in [0.1, 0.15) is 5.76 Å². The van der Waals surface area contributed by atoms with Crippen LogP contribution in [-0.4, -0.2) is 12.5 Å². The Morgan fingerprint density at radius 2 is 2.13 bits per heavy atom. The normalized spacial score (nSPS) is 10.3. The standard InChI is InChI=1S/C12H19NO2/c1-3-5-6-9-13-12(14)11-8-7-10(4-2)15-11/h7-8H,3-6,9H2,1-2H3,(H,13,14). The number of amides is 1. The van der Waals surface area contributed by atoms with Gasteiger partial charge < -0.3 is 9.73 Å². The first-order chi connectivity index (χ1) is 7.27. The number of carbonyl (C=O) groups excluding carboxylic acids is 1. The van der Waals surface area contributed by atoms with Crippen LogP contribution in [0.15, 0.2) is 16.5 Å². The zero-order chi connectivity index (χ0) is 11.1. The minimum Gasteiger partial charge on any atom is -0.456 e. The van der Waals surface area contributed by atoms with E-state index in [-0.39, 0.29) is 5.91 Å². The summed E-state index contributed by atoms with van der Waals surface area (Å²) < 4.78 is 5.34. The van der Waals surface area contributed by atoms with Gasteiger partial charge in [0.25, 0.3) is 5.91 Å². The van der Waals surface area contributed by atoms with Gasteiger partial charge in [-0.05, 0) is 18.6 Å². The van der Waals surface area contributed by atoms with Gasteiger partial charge in [0, 0.05) is 13.0 Å². The van der Waals surface area contributed by atoms with Crippen molar-refractivity contribution in [3.8, 4) is 0 Å². The van der Waals surface area contributed by atoms with Crippen LogP contribution < -0.4 is 5.32 Å². The van der Waals surface area contributed by atoms with Crippen molar-refractivity contribution in [1.82, 2.24) is 5.32 Å². The van der Waals surface area contributed by atoms with Crippen molar-refractivity contribution in [2.45, 2.75) is 39.5 Å². The lowest BCUT2D eigenvalue weighted by Gasteiger charge is -2.01. The summed E-state index contributed by atoms with van der Waals surface area (Å²) in [5.41, 5.74) is 0. The molecule has 1 amide bonds. The van der Waals surface area contributed by atoms with Crippen LogP contribution in [0.2, 0.25) is 0 Å². The molecule has 0 spiro atoms. The molecule has 0 radical (unpaired) electrons. The van der Waals surface area contributed by atoms with Crippen molar-refractivity contribution >= 4 is 5.91 Å². The molecule has 3 nitrogen and oxygen atoms in total. The SMILES string of the molecule is CCCCCNC(=O)c1ccc(CC)o1. The fraction of sp³-hybridized carbons (Fsp3) is 0.583. The van der Waals surface area contributed by atoms with Crippen LogP contribution >= 0.6 is 0 Å². The molecule has 0 aliphatic rings. The fourth-order valence-corrected chi connectivity index (χ4v) is 1.35. The number of rotatable bonds is 6. The van der Waals surface area contributed by atoms with Crippen molar-refractivity contribution < 1.29 is 9.21 Å². The van der Waals surface area contributed by atoms with E-state index in [1.807, 2.05) is 13.0 Å². The number of unbranched alkanes of at least 4 members (excludes halogenated alkanes) is 2. The van der Waals surface area contributed by atoms with Gasteiger partial charge in [-0.3, -0.25) is 4.79 Å². The summed E-state index contributed by atoms with van der Waals surface area (Å²) in [4.78, 5) is 11.5. The summed E-state index contributed by atoms with van der Waals surface area (Å²) in [5, 5.41) is 2.84. The molecule has 0 saturated carbocycles. The van der Waals surface area contributed by atoms with Crippen LogP contribution in [0.25, 0.3) is 0 Å². The second-order valence-electron chi connectivity index (χ2n) is 3.58. The van der Waals surface area contributed by atoms with Gasteiger partial charge in [-0.25, -0.2) is 0 Å². The zero-order valence-electron chi connectivity index (χ0n) is 9.51. The third kappa shape index (κ3) is 3.78. The molecule has 0 unspecified atom stereocenters. The Morgan fingerprint density at radius 1 is 1.33 bits per heavy atom. The molecule has 84 valence electrons. The minimum atomic E-state index is -0.106. The summed E-state index contributed by atoms with van der Waals surface area (Å²) in [7, 11) is 0. The molecule has 1 N–H and O–H groups in total. The molecule has 1 aromatic heterocycles. The van der Waals surface area contributed by atoms with Gasteiger partial charge in [-0.2, -0.15) is 0 Å². The average Bonchev–Trinajstić information content (AvgIpc) is 2.72. The molecular weight excluding hydrogens is 190 g/mol. The highest BCUT2D eigenvalue weighted by Gasteiger charge is 2.09. The van der Waals surface area contributed by atoms with Gasteiger partial charge in [0.15, 0.2) is 5.76 Å². The van der Waals surface area contributed by atoms with Gasteiger partial charge in [-0.1, -0.05) is 26.7 Å². The molecule has 0 fully saturated rings. The van der Waals surface area contributed by atoms with Crippen LogP contribution in [-0.2, 0) is 6.42 Å².